The zero-order valence-electron chi connectivity index (χ0n) is 28.4. The molecule has 53 heavy (non-hydrogen) atoms. The second kappa shape index (κ2) is 15.1. The van der Waals surface area contributed by atoms with Crippen molar-refractivity contribution in [2.24, 2.45) is 7.05 Å². The molecule has 278 valence electrons. The van der Waals surface area contributed by atoms with Crippen molar-refractivity contribution in [2.75, 3.05) is 44.7 Å². The minimum Gasteiger partial charge on any atom is -0.484 e. The number of aryl methyl sites for hydroxylation is 1. The third-order valence-electron chi connectivity index (χ3n) is 8.60. The second-order valence-corrected chi connectivity index (χ2v) is 12.3. The molecule has 0 unspecified atom stereocenters. The Hall–Kier alpha value is -5.77. The number of aromatic nitrogens is 2. The number of rotatable bonds is 10. The van der Waals surface area contributed by atoms with Gasteiger partial charge < -0.3 is 28.6 Å². The van der Waals surface area contributed by atoms with Crippen molar-refractivity contribution in [2.45, 2.75) is 19.1 Å². The zero-order valence-corrected chi connectivity index (χ0v) is 28.4. The van der Waals surface area contributed by atoms with Crippen LogP contribution in [0.3, 0.4) is 0 Å². The molecule has 1 aliphatic rings. The minimum absolute atomic E-state index is 0.113. The Morgan fingerprint density at radius 3 is 2.09 bits per heavy atom. The van der Waals surface area contributed by atoms with Crippen molar-refractivity contribution in [1.82, 2.24) is 19.4 Å². The standard InChI is InChI=1S/C37H33F6N5O5/c1-45(34(49)25-5-11-29(12-6-25)53-37(41,42)43)27-8-14-33(44-21-27)52-30-13-7-26-19-32(46(2)31(26)20-30)35(50)48-17-15-47(16-18-48)22-24-3-9-28(10-4-24)51-23-36(38,39)40/h3-14,19-21H,15-18,22-23H2,1-2H3. The average molecular weight is 742 g/mol. The van der Waals surface area contributed by atoms with Gasteiger partial charge in [-0.1, -0.05) is 12.1 Å². The molecule has 1 aliphatic heterocycles. The number of halogens is 6. The number of pyridine rings is 1. The quantitative estimate of drug-likeness (QED) is 0.138. The number of alkyl halides is 6. The SMILES string of the molecule is CN(C(=O)c1ccc(OC(F)(F)F)cc1)c1ccc(Oc2ccc3cc(C(=O)N4CCN(Cc5ccc(OCC(F)(F)F)cc5)CC4)n(C)c3c2)nc1. The van der Waals surface area contributed by atoms with Gasteiger partial charge in [-0.25, -0.2) is 4.98 Å². The lowest BCUT2D eigenvalue weighted by atomic mass is 10.2. The molecule has 6 rings (SSSR count). The molecule has 10 nitrogen and oxygen atoms in total. The van der Waals surface area contributed by atoms with Crippen LogP contribution in [0.2, 0.25) is 0 Å². The summed E-state index contributed by atoms with van der Waals surface area (Å²) in [5.74, 6) is -0.149. The lowest BCUT2D eigenvalue weighted by molar-refractivity contribution is -0.274. The number of hydrogen-bond donors (Lipinski definition) is 0. The van der Waals surface area contributed by atoms with Crippen molar-refractivity contribution in [3.63, 3.8) is 0 Å². The summed E-state index contributed by atoms with van der Waals surface area (Å²) in [7, 11) is 3.31. The second-order valence-electron chi connectivity index (χ2n) is 12.3. The van der Waals surface area contributed by atoms with Gasteiger partial charge in [-0.2, -0.15) is 13.2 Å². The molecule has 0 aliphatic carbocycles. The van der Waals surface area contributed by atoms with E-state index >= 15 is 0 Å². The molecule has 16 heteroatoms. The molecule has 0 saturated carbocycles. The molecular weight excluding hydrogens is 708 g/mol. The van der Waals surface area contributed by atoms with Crippen molar-refractivity contribution in [3.05, 3.63) is 108 Å². The van der Waals surface area contributed by atoms with E-state index in [1.54, 1.807) is 52.9 Å². The van der Waals surface area contributed by atoms with E-state index in [-0.39, 0.29) is 23.1 Å². The van der Waals surface area contributed by atoms with Gasteiger partial charge in [0.25, 0.3) is 11.8 Å². The lowest BCUT2D eigenvalue weighted by Crippen LogP contribution is -2.48. The van der Waals surface area contributed by atoms with E-state index in [9.17, 15) is 35.9 Å². The summed E-state index contributed by atoms with van der Waals surface area (Å²) in [5.41, 5.74) is 2.78. The van der Waals surface area contributed by atoms with Crippen molar-refractivity contribution in [3.8, 4) is 23.1 Å². The number of nitrogens with zero attached hydrogens (tertiary/aromatic N) is 5. The van der Waals surface area contributed by atoms with Crippen LogP contribution in [0.5, 0.6) is 23.1 Å². The highest BCUT2D eigenvalue weighted by Crippen LogP contribution is 2.29. The maximum absolute atomic E-state index is 13.6. The molecular formula is C37H33F6N5O5. The Labute approximate surface area is 299 Å². The number of fused-ring (bicyclic) bond motifs is 1. The number of carbonyl (C=O) groups excluding carboxylic acids is 2. The van der Waals surface area contributed by atoms with E-state index in [0.717, 1.165) is 28.6 Å². The molecule has 3 aromatic carbocycles. The number of hydrogen-bond acceptors (Lipinski definition) is 7. The monoisotopic (exact) mass is 741 g/mol. The van der Waals surface area contributed by atoms with Gasteiger partial charge in [-0.05, 0) is 66.2 Å². The van der Waals surface area contributed by atoms with Gasteiger partial charge in [0.2, 0.25) is 5.88 Å². The Balaban J connectivity index is 1.03. The predicted octanol–water partition coefficient (Wildman–Crippen LogP) is 7.44. The van der Waals surface area contributed by atoms with E-state index in [0.29, 0.717) is 49.9 Å². The van der Waals surface area contributed by atoms with Gasteiger partial charge in [0, 0.05) is 69.9 Å². The largest absolute Gasteiger partial charge is 0.573 e. The fourth-order valence-electron chi connectivity index (χ4n) is 5.83. The Kier molecular flexibility index (Phi) is 10.5. The highest BCUT2D eigenvalue weighted by molar-refractivity contribution is 6.05. The van der Waals surface area contributed by atoms with Gasteiger partial charge in [0.15, 0.2) is 6.61 Å². The van der Waals surface area contributed by atoms with E-state index in [2.05, 4.69) is 14.6 Å². The summed E-state index contributed by atoms with van der Waals surface area (Å²) in [6.45, 7) is 1.52. The van der Waals surface area contributed by atoms with Crippen LogP contribution in [0.4, 0.5) is 32.0 Å². The van der Waals surface area contributed by atoms with Crippen LogP contribution >= 0.6 is 0 Å². The third-order valence-corrected chi connectivity index (χ3v) is 8.60. The normalized spacial score (nSPS) is 13.9. The Bertz CT molecular complexity index is 2060. The van der Waals surface area contributed by atoms with Crippen LogP contribution in [0.15, 0.2) is 91.1 Å². The average Bonchev–Trinajstić information content (AvgIpc) is 3.45. The van der Waals surface area contributed by atoms with Crippen LogP contribution < -0.4 is 19.1 Å². The summed E-state index contributed by atoms with van der Waals surface area (Å²) >= 11 is 0. The maximum atomic E-state index is 13.6. The summed E-state index contributed by atoms with van der Waals surface area (Å²) in [6, 6.07) is 21.5. The minimum atomic E-state index is -4.84. The summed E-state index contributed by atoms with van der Waals surface area (Å²) in [4.78, 5) is 36.0. The first kappa shape index (κ1) is 37.0. The summed E-state index contributed by atoms with van der Waals surface area (Å²) in [5, 5.41) is 0.839. The number of ether oxygens (including phenoxy) is 3. The number of amides is 2. The fourth-order valence-corrected chi connectivity index (χ4v) is 5.83. The van der Waals surface area contributed by atoms with Crippen LogP contribution in [-0.2, 0) is 13.6 Å². The van der Waals surface area contributed by atoms with Crippen LogP contribution in [0, 0.1) is 0 Å². The highest BCUT2D eigenvalue weighted by atomic mass is 19.4. The molecule has 5 aromatic rings. The molecule has 1 fully saturated rings. The molecule has 2 amide bonds. The molecule has 0 spiro atoms. The smallest absolute Gasteiger partial charge is 0.484 e. The first-order chi connectivity index (χ1) is 25.1. The molecule has 0 bridgehead atoms. The summed E-state index contributed by atoms with van der Waals surface area (Å²) in [6.07, 6.45) is -7.81. The molecule has 0 radical (unpaired) electrons. The van der Waals surface area contributed by atoms with Gasteiger partial charge in [0.1, 0.15) is 22.9 Å². The van der Waals surface area contributed by atoms with Gasteiger partial charge >= 0.3 is 12.5 Å². The molecule has 1 saturated heterocycles. The number of piperazine rings is 1. The van der Waals surface area contributed by atoms with Gasteiger partial charge in [-0.3, -0.25) is 14.5 Å². The summed E-state index contributed by atoms with van der Waals surface area (Å²) < 4.78 is 91.0. The van der Waals surface area contributed by atoms with Crippen LogP contribution in [0.1, 0.15) is 26.4 Å². The van der Waals surface area contributed by atoms with Crippen molar-refractivity contribution >= 4 is 28.4 Å². The van der Waals surface area contributed by atoms with E-state index in [4.69, 9.17) is 9.47 Å². The van der Waals surface area contributed by atoms with Gasteiger partial charge in [-0.15, -0.1) is 13.2 Å². The molecule has 0 N–H and O–H groups in total. The first-order valence-electron chi connectivity index (χ1n) is 16.3. The molecule has 3 heterocycles. The Morgan fingerprint density at radius 2 is 1.47 bits per heavy atom. The number of anilines is 1. The number of benzene rings is 3. The van der Waals surface area contributed by atoms with Crippen LogP contribution in [0.25, 0.3) is 10.9 Å². The highest BCUT2D eigenvalue weighted by Gasteiger charge is 2.31. The van der Waals surface area contributed by atoms with Crippen molar-refractivity contribution in [1.29, 1.82) is 0 Å². The van der Waals surface area contributed by atoms with Crippen LogP contribution in [-0.4, -0.2) is 83.5 Å². The number of carbonyl (C=O) groups is 2. The Morgan fingerprint density at radius 1 is 0.811 bits per heavy atom. The predicted molar refractivity (Wildman–Crippen MR) is 182 cm³/mol. The first-order valence-corrected chi connectivity index (χ1v) is 16.3. The van der Waals surface area contributed by atoms with E-state index < -0.39 is 30.8 Å². The molecule has 0 atom stereocenters. The van der Waals surface area contributed by atoms with E-state index in [1.807, 2.05) is 12.1 Å². The topological polar surface area (TPSA) is 89.4 Å². The van der Waals surface area contributed by atoms with E-state index in [1.165, 1.54) is 42.4 Å². The lowest BCUT2D eigenvalue weighted by Gasteiger charge is -2.34. The van der Waals surface area contributed by atoms with Gasteiger partial charge in [0.05, 0.1) is 17.4 Å². The van der Waals surface area contributed by atoms with Crippen molar-refractivity contribution < 1.29 is 50.1 Å². The maximum Gasteiger partial charge on any atom is 0.573 e. The zero-order chi connectivity index (χ0) is 37.9. The fraction of sp³-hybridized carbons (Fsp3) is 0.270. The molecule has 2 aromatic heterocycles. The third kappa shape index (κ3) is 9.37.